The molecule has 0 fully saturated rings. The van der Waals surface area contributed by atoms with E-state index < -0.39 is 15.8 Å². The van der Waals surface area contributed by atoms with Crippen molar-refractivity contribution in [2.45, 2.75) is 4.90 Å². The first-order valence-corrected chi connectivity index (χ1v) is 10.5. The molecule has 2 heterocycles. The molecule has 0 radical (unpaired) electrons. The number of fused-ring (bicyclic) bond motifs is 4. The lowest BCUT2D eigenvalue weighted by atomic mass is 10.1. The summed E-state index contributed by atoms with van der Waals surface area (Å²) in [6.07, 6.45) is 0. The molecule has 152 valence electrons. The van der Waals surface area contributed by atoms with Gasteiger partial charge in [0.25, 0.3) is 10.0 Å². The van der Waals surface area contributed by atoms with E-state index in [4.69, 9.17) is 13.6 Å². The summed E-state index contributed by atoms with van der Waals surface area (Å²) < 4.78 is 46.2. The minimum Gasteiger partial charge on any atom is -0.495 e. The van der Waals surface area contributed by atoms with Gasteiger partial charge in [-0.25, -0.2) is 13.2 Å². The van der Waals surface area contributed by atoms with Crippen molar-refractivity contribution in [1.29, 1.82) is 0 Å². The van der Waals surface area contributed by atoms with Crippen molar-refractivity contribution in [3.05, 3.63) is 65.1 Å². The van der Waals surface area contributed by atoms with Gasteiger partial charge in [0.05, 0.1) is 23.2 Å². The Morgan fingerprint density at radius 3 is 2.53 bits per heavy atom. The molecule has 0 aliphatic carbocycles. The number of nitrogens with zero attached hydrogens (tertiary/aromatic N) is 1. The number of hydrogen-bond acceptors (Lipinski definition) is 6. The highest BCUT2D eigenvalue weighted by Crippen LogP contribution is 2.37. The molecule has 0 saturated heterocycles. The number of rotatable bonds is 4. The molecule has 0 aliphatic rings. The number of aryl methyl sites for hydroxylation is 1. The maximum atomic E-state index is 13.0. The lowest BCUT2D eigenvalue weighted by Crippen LogP contribution is -2.13. The molecule has 3 aromatic carbocycles. The summed E-state index contributed by atoms with van der Waals surface area (Å²) in [6, 6.07) is 15.1. The van der Waals surface area contributed by atoms with Crippen LogP contribution in [0.15, 0.2) is 73.1 Å². The number of aromatic nitrogens is 1. The van der Waals surface area contributed by atoms with Crippen LogP contribution in [0.25, 0.3) is 33.0 Å². The van der Waals surface area contributed by atoms with Crippen LogP contribution in [-0.4, -0.2) is 20.1 Å². The summed E-state index contributed by atoms with van der Waals surface area (Å²) in [5.41, 5.74) is 2.14. The Hall–Kier alpha value is -3.72. The number of ether oxygens (including phenoxy) is 1. The van der Waals surface area contributed by atoms with Crippen LogP contribution >= 0.6 is 0 Å². The third-order valence-corrected chi connectivity index (χ3v) is 6.38. The van der Waals surface area contributed by atoms with Crippen molar-refractivity contribution < 1.29 is 22.0 Å². The Bertz CT molecular complexity index is 1610. The molecule has 5 aromatic rings. The Morgan fingerprint density at radius 1 is 0.933 bits per heavy atom. The molecule has 9 heteroatoms. The van der Waals surface area contributed by atoms with Crippen molar-refractivity contribution in [3.8, 4) is 5.75 Å². The van der Waals surface area contributed by atoms with Gasteiger partial charge in [0.1, 0.15) is 16.9 Å². The van der Waals surface area contributed by atoms with Crippen molar-refractivity contribution in [2.75, 3.05) is 11.8 Å². The summed E-state index contributed by atoms with van der Waals surface area (Å²) in [4.78, 5) is 11.6. The van der Waals surface area contributed by atoms with Gasteiger partial charge < -0.3 is 13.6 Å². The molecule has 0 bridgehead atoms. The summed E-state index contributed by atoms with van der Waals surface area (Å²) in [6.45, 7) is 0. The largest absolute Gasteiger partial charge is 0.495 e. The molecule has 0 saturated carbocycles. The topological polar surface area (TPSA) is 104 Å². The van der Waals surface area contributed by atoms with E-state index in [2.05, 4.69) is 4.72 Å². The second-order valence-electron chi connectivity index (χ2n) is 6.81. The summed E-state index contributed by atoms with van der Waals surface area (Å²) in [7, 11) is -0.969. The van der Waals surface area contributed by atoms with Crippen molar-refractivity contribution in [3.63, 3.8) is 0 Å². The normalized spacial score (nSPS) is 12.1. The van der Waals surface area contributed by atoms with E-state index in [1.54, 1.807) is 19.2 Å². The summed E-state index contributed by atoms with van der Waals surface area (Å²) in [5.74, 6) is -0.213. The van der Waals surface area contributed by atoms with Crippen LogP contribution in [0.5, 0.6) is 5.75 Å². The van der Waals surface area contributed by atoms with Gasteiger partial charge in [-0.05, 0) is 24.3 Å². The lowest BCUT2D eigenvalue weighted by molar-refractivity contribution is 0.417. The quantitative estimate of drug-likeness (QED) is 0.470. The fourth-order valence-electron chi connectivity index (χ4n) is 3.49. The van der Waals surface area contributed by atoms with Crippen molar-refractivity contribution >= 4 is 48.7 Å². The van der Waals surface area contributed by atoms with Gasteiger partial charge in [-0.3, -0.25) is 9.29 Å². The highest BCUT2D eigenvalue weighted by molar-refractivity contribution is 7.92. The average Bonchev–Trinajstić information content (AvgIpc) is 3.23. The smallest absolute Gasteiger partial charge is 0.419 e. The lowest BCUT2D eigenvalue weighted by Gasteiger charge is -2.12. The minimum absolute atomic E-state index is 0.0453. The van der Waals surface area contributed by atoms with E-state index in [1.807, 2.05) is 24.3 Å². The van der Waals surface area contributed by atoms with Crippen LogP contribution in [0.4, 0.5) is 5.69 Å². The van der Waals surface area contributed by atoms with Gasteiger partial charge in [-0.1, -0.05) is 18.2 Å². The second kappa shape index (κ2) is 6.39. The Kier molecular flexibility index (Phi) is 3.90. The second-order valence-corrected chi connectivity index (χ2v) is 8.49. The standard InChI is InChI=1S/C21H16N2O6S/c1-23-16-8-7-12(9-20(16)29-21(23)24)30(25,26)22-15-11-18-14(10-19(15)27-2)13-5-3-4-6-17(13)28-18/h3-11,22H,1-2H3. The highest BCUT2D eigenvalue weighted by atomic mass is 32.2. The van der Waals surface area contributed by atoms with Crippen LogP contribution in [-0.2, 0) is 17.1 Å². The van der Waals surface area contributed by atoms with E-state index in [1.165, 1.54) is 29.9 Å². The number of oxazole rings is 1. The first kappa shape index (κ1) is 18.3. The Labute approximate surface area is 170 Å². The van der Waals surface area contributed by atoms with Gasteiger partial charge in [0.2, 0.25) is 0 Å². The fraction of sp³-hybridized carbons (Fsp3) is 0.0952. The number of hydrogen-bond donors (Lipinski definition) is 1. The zero-order valence-corrected chi connectivity index (χ0v) is 16.8. The molecular formula is C21H16N2O6S. The highest BCUT2D eigenvalue weighted by Gasteiger charge is 2.20. The van der Waals surface area contributed by atoms with E-state index in [0.29, 0.717) is 22.4 Å². The van der Waals surface area contributed by atoms with Gasteiger partial charge in [0.15, 0.2) is 5.58 Å². The molecule has 0 spiro atoms. The molecule has 5 rings (SSSR count). The van der Waals surface area contributed by atoms with Gasteiger partial charge >= 0.3 is 5.76 Å². The van der Waals surface area contributed by atoms with Gasteiger partial charge in [-0.2, -0.15) is 0 Å². The first-order chi connectivity index (χ1) is 14.4. The third-order valence-electron chi connectivity index (χ3n) is 5.02. The van der Waals surface area contributed by atoms with Crippen LogP contribution in [0.3, 0.4) is 0 Å². The number of nitrogens with one attached hydrogen (secondary N) is 1. The predicted molar refractivity (Wildman–Crippen MR) is 113 cm³/mol. The van der Waals surface area contributed by atoms with E-state index >= 15 is 0 Å². The fourth-order valence-corrected chi connectivity index (χ4v) is 4.56. The van der Waals surface area contributed by atoms with Crippen LogP contribution in [0, 0.1) is 0 Å². The van der Waals surface area contributed by atoms with Crippen molar-refractivity contribution in [2.24, 2.45) is 7.05 Å². The first-order valence-electron chi connectivity index (χ1n) is 8.99. The Morgan fingerprint density at radius 2 is 1.73 bits per heavy atom. The SMILES string of the molecule is COc1cc2c(cc1NS(=O)(=O)c1ccc3c(c1)oc(=O)n3C)oc1ccccc12. The molecule has 1 N–H and O–H groups in total. The molecule has 8 nitrogen and oxygen atoms in total. The van der Waals surface area contributed by atoms with E-state index in [-0.39, 0.29) is 16.2 Å². The van der Waals surface area contributed by atoms with Crippen LogP contribution < -0.4 is 15.2 Å². The van der Waals surface area contributed by atoms with Crippen molar-refractivity contribution in [1.82, 2.24) is 4.57 Å². The number of para-hydroxylation sites is 1. The molecule has 2 aromatic heterocycles. The number of anilines is 1. The van der Waals surface area contributed by atoms with Gasteiger partial charge in [0, 0.05) is 30.0 Å². The summed E-state index contributed by atoms with van der Waals surface area (Å²) >= 11 is 0. The molecular weight excluding hydrogens is 408 g/mol. The minimum atomic E-state index is -3.98. The summed E-state index contributed by atoms with van der Waals surface area (Å²) in [5, 5.41) is 1.72. The van der Waals surface area contributed by atoms with E-state index in [0.717, 1.165) is 10.8 Å². The Balaban J connectivity index is 1.61. The number of methoxy groups -OCH3 is 1. The number of sulfonamides is 1. The molecule has 0 atom stereocenters. The van der Waals surface area contributed by atoms with Crippen LogP contribution in [0.1, 0.15) is 0 Å². The monoisotopic (exact) mass is 424 g/mol. The number of benzene rings is 3. The molecule has 0 amide bonds. The molecule has 0 aliphatic heterocycles. The third kappa shape index (κ3) is 2.74. The molecule has 30 heavy (non-hydrogen) atoms. The number of furan rings is 1. The average molecular weight is 424 g/mol. The maximum absolute atomic E-state index is 13.0. The molecule has 0 unspecified atom stereocenters. The maximum Gasteiger partial charge on any atom is 0.419 e. The zero-order valence-electron chi connectivity index (χ0n) is 16.0. The van der Waals surface area contributed by atoms with Crippen LogP contribution in [0.2, 0.25) is 0 Å². The predicted octanol–water partition coefficient (Wildman–Crippen LogP) is 3.84. The van der Waals surface area contributed by atoms with Gasteiger partial charge in [-0.15, -0.1) is 0 Å². The zero-order chi connectivity index (χ0) is 21.0. The van der Waals surface area contributed by atoms with E-state index in [9.17, 15) is 13.2 Å².